The SMILES string of the molecule is CC(C)(C)OC(=O)N1C[C@H](CF)[C@H](Nc2c(C(N)=O)cnn3cc(Br)nc23)C1.CCn1cc(-c2cn3ncc(C(N)=O)c(N[C@@H]4CN(C(=O)OC(C)(C)C)C[C@@H]4CF)c3n2)cn1. The van der Waals surface area contributed by atoms with Crippen LogP contribution < -0.4 is 22.1 Å². The van der Waals surface area contributed by atoms with Crippen LogP contribution in [0, 0.1) is 11.8 Å². The standard InChI is InChI=1S/C22H29FN8O3.C17H22BrFN6O3/c1-5-30-10-14(7-25-30)17-12-31-20(28-17)18(15(8-26-31)19(24)32)27-16-11-29(9-13(16)6-23)21(33)34-22(2,3)4;1-17(2,3)28-16(27)24-6-9(4-19)11(7-24)22-13-10(14(20)26)5-21-25-8-12(18)23-15(13)25/h7-8,10,12-13,16,27H,5-6,9,11H2,1-4H3,(H2,24,32);5,8-9,11,22H,4,6-7H2,1-3H3,(H2,20,26)/t13-,16+;9-,11+/m00/s1. The zero-order valence-electron chi connectivity index (χ0n) is 35.4. The molecule has 0 unspecified atom stereocenters. The second-order valence-corrected chi connectivity index (χ2v) is 17.8. The number of nitrogens with two attached hydrogens (primary N) is 2. The Balaban J connectivity index is 0.000000211. The Labute approximate surface area is 363 Å². The van der Waals surface area contributed by atoms with Gasteiger partial charge in [0.05, 0.1) is 84.6 Å². The first-order valence-electron chi connectivity index (χ1n) is 19.8. The Morgan fingerprint density at radius 1 is 0.726 bits per heavy atom. The van der Waals surface area contributed by atoms with Gasteiger partial charge in [-0.15, -0.1) is 0 Å². The van der Waals surface area contributed by atoms with E-state index in [1.165, 1.54) is 31.2 Å². The molecular weight excluding hydrogens is 878 g/mol. The molecule has 0 bridgehead atoms. The maximum absolute atomic E-state index is 13.9. The van der Waals surface area contributed by atoms with Crippen LogP contribution >= 0.6 is 15.9 Å². The number of carbonyl (C=O) groups excluding carboxylic acids is 4. The number of primary amides is 2. The Hall–Kier alpha value is -6.13. The molecule has 2 aliphatic rings. The molecule has 62 heavy (non-hydrogen) atoms. The summed E-state index contributed by atoms with van der Waals surface area (Å²) in [6.07, 6.45) is 8.56. The van der Waals surface area contributed by atoms with Gasteiger partial charge in [0.2, 0.25) is 0 Å². The lowest BCUT2D eigenvalue weighted by atomic mass is 10.0. The highest BCUT2D eigenvalue weighted by Crippen LogP contribution is 2.31. The van der Waals surface area contributed by atoms with Crippen LogP contribution in [0.3, 0.4) is 0 Å². The molecule has 5 aromatic heterocycles. The number of anilines is 2. The number of fused-ring (bicyclic) bond motifs is 2. The number of imidazole rings is 2. The number of aryl methyl sites for hydroxylation is 1. The summed E-state index contributed by atoms with van der Waals surface area (Å²) in [7, 11) is 0. The summed E-state index contributed by atoms with van der Waals surface area (Å²) >= 11 is 3.27. The smallest absolute Gasteiger partial charge is 0.410 e. The summed E-state index contributed by atoms with van der Waals surface area (Å²) in [5, 5.41) is 19.0. The van der Waals surface area contributed by atoms with Gasteiger partial charge < -0.3 is 41.4 Å². The van der Waals surface area contributed by atoms with Gasteiger partial charge in [0.25, 0.3) is 11.8 Å². The summed E-state index contributed by atoms with van der Waals surface area (Å²) < 4.78 is 43.7. The number of hydrogen-bond acceptors (Lipinski definition) is 13. The van der Waals surface area contributed by atoms with Crippen molar-refractivity contribution >= 4 is 62.6 Å². The highest BCUT2D eigenvalue weighted by molar-refractivity contribution is 9.10. The van der Waals surface area contributed by atoms with Gasteiger partial charge in [0.1, 0.15) is 15.8 Å². The van der Waals surface area contributed by atoms with Gasteiger partial charge in [-0.2, -0.15) is 15.3 Å². The lowest BCUT2D eigenvalue weighted by Gasteiger charge is -2.24. The highest BCUT2D eigenvalue weighted by atomic mass is 79.9. The third-order valence-corrected chi connectivity index (χ3v) is 10.4. The van der Waals surface area contributed by atoms with Crippen molar-refractivity contribution in [2.75, 3.05) is 50.2 Å². The highest BCUT2D eigenvalue weighted by Gasteiger charge is 2.40. The minimum atomic E-state index is -0.695. The summed E-state index contributed by atoms with van der Waals surface area (Å²) in [5.41, 5.74) is 12.9. The van der Waals surface area contributed by atoms with Crippen LogP contribution in [0.1, 0.15) is 69.2 Å². The monoisotopic (exact) mass is 928 g/mol. The van der Waals surface area contributed by atoms with Gasteiger partial charge in [-0.1, -0.05) is 0 Å². The lowest BCUT2D eigenvalue weighted by Crippen LogP contribution is -2.36. The van der Waals surface area contributed by atoms with Crippen molar-refractivity contribution in [2.24, 2.45) is 23.3 Å². The first kappa shape index (κ1) is 45.4. The molecule has 0 aliphatic carbocycles. The second-order valence-electron chi connectivity index (χ2n) is 17.0. The molecule has 7 rings (SSSR count). The van der Waals surface area contributed by atoms with E-state index >= 15 is 0 Å². The number of rotatable bonds is 10. The van der Waals surface area contributed by atoms with Crippen molar-refractivity contribution in [1.29, 1.82) is 0 Å². The first-order chi connectivity index (χ1) is 29.2. The molecule has 20 nitrogen and oxygen atoms in total. The van der Waals surface area contributed by atoms with Crippen molar-refractivity contribution < 1.29 is 37.4 Å². The fourth-order valence-electron chi connectivity index (χ4n) is 7.01. The lowest BCUT2D eigenvalue weighted by molar-refractivity contribution is 0.0275. The molecule has 0 saturated carbocycles. The van der Waals surface area contributed by atoms with Crippen LogP contribution in [-0.2, 0) is 16.0 Å². The number of hydrogen-bond donors (Lipinski definition) is 4. The van der Waals surface area contributed by atoms with E-state index in [0.29, 0.717) is 39.5 Å². The molecule has 4 atom stereocenters. The number of nitrogens with zero attached hydrogens (tertiary/aromatic N) is 10. The van der Waals surface area contributed by atoms with Crippen molar-refractivity contribution in [3.8, 4) is 11.3 Å². The second kappa shape index (κ2) is 18.1. The fraction of sp³-hybridized carbons (Fsp3) is 0.513. The Morgan fingerprint density at radius 3 is 1.61 bits per heavy atom. The summed E-state index contributed by atoms with van der Waals surface area (Å²) in [5.74, 6) is -2.35. The van der Waals surface area contributed by atoms with Gasteiger partial charge in [-0.3, -0.25) is 23.1 Å². The normalized spacial score (nSPS) is 19.1. The van der Waals surface area contributed by atoms with Crippen LogP contribution in [0.15, 0.2) is 41.8 Å². The van der Waals surface area contributed by atoms with Gasteiger partial charge in [-0.25, -0.2) is 28.6 Å². The summed E-state index contributed by atoms with van der Waals surface area (Å²) in [6, 6.07) is -0.929. The van der Waals surface area contributed by atoms with Crippen LogP contribution in [0.4, 0.5) is 29.7 Å². The number of halogens is 3. The van der Waals surface area contributed by atoms with E-state index in [0.717, 1.165) is 5.56 Å². The molecule has 0 radical (unpaired) electrons. The number of alkyl halides is 2. The third kappa shape index (κ3) is 10.3. The molecule has 2 saturated heterocycles. The van der Waals surface area contributed by atoms with Crippen LogP contribution in [-0.4, -0.2) is 136 Å². The van der Waals surface area contributed by atoms with Crippen LogP contribution in [0.2, 0.25) is 0 Å². The number of carbonyl (C=O) groups is 4. The van der Waals surface area contributed by atoms with Crippen molar-refractivity contribution in [1.82, 2.24) is 48.8 Å². The predicted molar refractivity (Wildman–Crippen MR) is 227 cm³/mol. The number of nitrogens with one attached hydrogen (secondary N) is 2. The molecule has 0 aromatic carbocycles. The maximum atomic E-state index is 13.9. The van der Waals surface area contributed by atoms with E-state index < -0.39 is 72.5 Å². The van der Waals surface area contributed by atoms with Crippen LogP contribution in [0.25, 0.3) is 22.6 Å². The molecule has 7 heterocycles. The van der Waals surface area contributed by atoms with Gasteiger partial charge in [0.15, 0.2) is 11.3 Å². The van der Waals surface area contributed by atoms with Crippen molar-refractivity contribution in [3.05, 3.63) is 52.9 Å². The Kier molecular flexibility index (Phi) is 13.2. The number of amides is 4. The minimum Gasteiger partial charge on any atom is -0.444 e. The van der Waals surface area contributed by atoms with E-state index in [2.05, 4.69) is 51.8 Å². The zero-order valence-corrected chi connectivity index (χ0v) is 37.0. The average molecular weight is 930 g/mol. The molecule has 5 aromatic rings. The van der Waals surface area contributed by atoms with Gasteiger partial charge in [0, 0.05) is 56.3 Å². The van der Waals surface area contributed by atoms with E-state index in [9.17, 15) is 28.0 Å². The molecular formula is C39H51BrF2N14O6. The van der Waals surface area contributed by atoms with E-state index in [4.69, 9.17) is 20.9 Å². The fourth-order valence-corrected chi connectivity index (χ4v) is 7.37. The Bertz CT molecular complexity index is 2460. The van der Waals surface area contributed by atoms with Gasteiger partial charge in [-0.05, 0) is 64.4 Å². The first-order valence-corrected chi connectivity index (χ1v) is 20.6. The molecule has 2 fully saturated rings. The number of ether oxygens (including phenoxy) is 2. The molecule has 2 aliphatic heterocycles. The third-order valence-electron chi connectivity index (χ3n) is 9.98. The molecule has 0 spiro atoms. The van der Waals surface area contributed by atoms with E-state index in [1.54, 1.807) is 64.8 Å². The number of likely N-dealkylation sites (tertiary alicyclic amines) is 2. The van der Waals surface area contributed by atoms with E-state index in [-0.39, 0.29) is 37.3 Å². The zero-order chi connectivity index (χ0) is 45.3. The topological polar surface area (TPSA) is 248 Å². The van der Waals surface area contributed by atoms with Crippen LogP contribution in [0.5, 0.6) is 0 Å². The van der Waals surface area contributed by atoms with E-state index in [1.807, 2.05) is 13.1 Å². The Morgan fingerprint density at radius 2 is 1.19 bits per heavy atom. The molecule has 334 valence electrons. The molecule has 6 N–H and O–H groups in total. The summed E-state index contributed by atoms with van der Waals surface area (Å²) in [4.78, 5) is 60.8. The molecule has 23 heteroatoms. The van der Waals surface area contributed by atoms with Crippen molar-refractivity contribution in [3.63, 3.8) is 0 Å². The van der Waals surface area contributed by atoms with Gasteiger partial charge >= 0.3 is 12.2 Å². The summed E-state index contributed by atoms with van der Waals surface area (Å²) in [6.45, 7) is 12.8. The maximum Gasteiger partial charge on any atom is 0.410 e. The average Bonchev–Trinajstić information content (AvgIpc) is 4.03. The van der Waals surface area contributed by atoms with Crippen molar-refractivity contribution in [2.45, 2.75) is 78.3 Å². The largest absolute Gasteiger partial charge is 0.444 e. The molecule has 4 amide bonds. The predicted octanol–water partition coefficient (Wildman–Crippen LogP) is 4.54. The number of aromatic nitrogens is 8. The quantitative estimate of drug-likeness (QED) is 0.151. The minimum absolute atomic E-state index is 0.127.